The van der Waals surface area contributed by atoms with E-state index in [1.165, 1.54) is 36.1 Å². The van der Waals surface area contributed by atoms with Gasteiger partial charge in [-0.2, -0.15) is 5.10 Å². The number of hydrogen-bond donors (Lipinski definition) is 1. The van der Waals surface area contributed by atoms with Gasteiger partial charge in [-0.25, -0.2) is 9.18 Å². The Morgan fingerprint density at radius 2 is 1.95 bits per heavy atom. The van der Waals surface area contributed by atoms with Crippen molar-refractivity contribution in [2.24, 2.45) is 0 Å². The molecule has 0 spiro atoms. The van der Waals surface area contributed by atoms with Gasteiger partial charge in [-0.15, -0.1) is 0 Å². The maximum Gasteiger partial charge on any atom is 0.328 e. The lowest BCUT2D eigenvalue weighted by molar-refractivity contribution is -0.131. The van der Waals surface area contributed by atoms with Crippen molar-refractivity contribution in [2.75, 3.05) is 4.90 Å². The number of carboxylic acid groups (broad SMARTS) is 1. The zero-order chi connectivity index (χ0) is 26.8. The Bertz CT molecular complexity index is 1670. The average Bonchev–Trinajstić information content (AvgIpc) is 3.67. The van der Waals surface area contributed by atoms with Crippen LogP contribution in [0.2, 0.25) is 0 Å². The van der Waals surface area contributed by atoms with Crippen molar-refractivity contribution in [1.29, 1.82) is 0 Å². The largest absolute Gasteiger partial charge is 0.478 e. The standard InChI is InChI=1S/C33H30FN3O2/c1-3-36-18-25(17-35-36)22-7-9-26-24(15-22)12-19(2)37-30-10-8-23(21-5-6-21)16-27(30)28-13-20(4-11-31(38)39)14-29(34)32(28)33(26)37/h4,7-11,13-19,21,33H,3,5-6,12H2,1-2H3,(H,38,39)/b11-4+. The van der Waals surface area contributed by atoms with Crippen molar-refractivity contribution in [2.45, 2.75) is 57.7 Å². The van der Waals surface area contributed by atoms with Gasteiger partial charge in [-0.1, -0.05) is 24.3 Å². The summed E-state index contributed by atoms with van der Waals surface area (Å²) in [4.78, 5) is 13.6. The number of aryl methyl sites for hydroxylation is 1. The summed E-state index contributed by atoms with van der Waals surface area (Å²) in [5, 5.41) is 13.6. The van der Waals surface area contributed by atoms with Crippen molar-refractivity contribution >= 4 is 17.7 Å². The second-order valence-electron chi connectivity index (χ2n) is 11.0. The minimum atomic E-state index is -1.05. The quantitative estimate of drug-likeness (QED) is 0.283. The van der Waals surface area contributed by atoms with Crippen LogP contribution in [0.3, 0.4) is 0 Å². The number of fused-ring (bicyclic) bond motifs is 8. The van der Waals surface area contributed by atoms with Gasteiger partial charge in [0, 0.05) is 47.2 Å². The molecule has 5 nitrogen and oxygen atoms in total. The molecule has 196 valence electrons. The lowest BCUT2D eigenvalue weighted by Crippen LogP contribution is -2.45. The van der Waals surface area contributed by atoms with Gasteiger partial charge in [0.15, 0.2) is 0 Å². The maximum absolute atomic E-state index is 16.2. The molecule has 0 radical (unpaired) electrons. The summed E-state index contributed by atoms with van der Waals surface area (Å²) in [5.41, 5.74) is 10.1. The van der Waals surface area contributed by atoms with E-state index in [-0.39, 0.29) is 17.9 Å². The zero-order valence-electron chi connectivity index (χ0n) is 22.1. The molecule has 1 N–H and O–H groups in total. The smallest absolute Gasteiger partial charge is 0.328 e. The molecular formula is C33H30FN3O2. The van der Waals surface area contributed by atoms with Crippen LogP contribution in [0.1, 0.15) is 66.5 Å². The summed E-state index contributed by atoms with van der Waals surface area (Å²) < 4.78 is 18.1. The Morgan fingerprint density at radius 1 is 1.10 bits per heavy atom. The summed E-state index contributed by atoms with van der Waals surface area (Å²) in [6, 6.07) is 16.5. The molecule has 1 saturated carbocycles. The Morgan fingerprint density at radius 3 is 2.69 bits per heavy atom. The van der Waals surface area contributed by atoms with Crippen LogP contribution in [0.5, 0.6) is 0 Å². The molecule has 3 heterocycles. The second-order valence-corrected chi connectivity index (χ2v) is 11.0. The van der Waals surface area contributed by atoms with E-state index in [2.05, 4.69) is 66.4 Å². The first-order chi connectivity index (χ1) is 18.9. The number of halogens is 1. The average molecular weight is 520 g/mol. The fourth-order valence-corrected chi connectivity index (χ4v) is 6.47. The van der Waals surface area contributed by atoms with Crippen LogP contribution in [0.4, 0.5) is 10.1 Å². The monoisotopic (exact) mass is 519 g/mol. The van der Waals surface area contributed by atoms with E-state index in [1.54, 1.807) is 0 Å². The maximum atomic E-state index is 16.2. The van der Waals surface area contributed by atoms with Crippen LogP contribution in [-0.2, 0) is 17.8 Å². The molecule has 3 aromatic carbocycles. The molecular weight excluding hydrogens is 489 g/mol. The number of aromatic nitrogens is 2. The summed E-state index contributed by atoms with van der Waals surface area (Å²) in [7, 11) is 0. The van der Waals surface area contributed by atoms with Gasteiger partial charge >= 0.3 is 5.97 Å². The van der Waals surface area contributed by atoms with Gasteiger partial charge in [0.1, 0.15) is 5.82 Å². The summed E-state index contributed by atoms with van der Waals surface area (Å²) in [6.45, 7) is 5.12. The minimum Gasteiger partial charge on any atom is -0.478 e. The molecule has 0 bridgehead atoms. The fourth-order valence-electron chi connectivity index (χ4n) is 6.47. The Hall–Kier alpha value is -4.19. The number of hydrogen-bond acceptors (Lipinski definition) is 3. The number of benzene rings is 3. The first-order valence-electron chi connectivity index (χ1n) is 13.7. The third kappa shape index (κ3) is 3.97. The SMILES string of the molecule is CCn1cc(-c2ccc3c(c2)CC(C)N2c4ccc(C5CC5)cc4-c4cc(/C=C/C(=O)O)cc(F)c4C32)cn1. The van der Waals surface area contributed by atoms with E-state index in [0.717, 1.165) is 52.5 Å². The molecule has 0 saturated heterocycles. The molecule has 39 heavy (non-hydrogen) atoms. The minimum absolute atomic E-state index is 0.167. The van der Waals surface area contributed by atoms with Crippen LogP contribution in [0.25, 0.3) is 28.3 Å². The number of anilines is 1. The summed E-state index contributed by atoms with van der Waals surface area (Å²) >= 11 is 0. The Balaban J connectivity index is 1.42. The summed E-state index contributed by atoms with van der Waals surface area (Å²) in [6.07, 6.45) is 9.76. The number of carboxylic acids is 1. The van der Waals surface area contributed by atoms with Crippen molar-refractivity contribution in [1.82, 2.24) is 9.78 Å². The Kier molecular flexibility index (Phi) is 5.48. The van der Waals surface area contributed by atoms with Gasteiger partial charge in [0.05, 0.1) is 12.2 Å². The lowest BCUT2D eigenvalue weighted by atomic mass is 9.77. The van der Waals surface area contributed by atoms with Crippen LogP contribution >= 0.6 is 0 Å². The number of rotatable bonds is 5. The first-order valence-corrected chi connectivity index (χ1v) is 13.7. The zero-order valence-corrected chi connectivity index (χ0v) is 22.1. The van der Waals surface area contributed by atoms with Crippen LogP contribution in [-0.4, -0.2) is 26.9 Å². The van der Waals surface area contributed by atoms with Crippen LogP contribution < -0.4 is 4.90 Å². The number of nitrogens with zero attached hydrogens (tertiary/aromatic N) is 3. The molecule has 7 rings (SSSR count). The highest BCUT2D eigenvalue weighted by atomic mass is 19.1. The predicted molar refractivity (Wildman–Crippen MR) is 151 cm³/mol. The van der Waals surface area contributed by atoms with Gasteiger partial charge in [-0.05, 0) is 103 Å². The number of aliphatic carboxylic acids is 1. The van der Waals surface area contributed by atoms with Crippen molar-refractivity contribution in [3.63, 3.8) is 0 Å². The van der Waals surface area contributed by atoms with Gasteiger partial charge in [-0.3, -0.25) is 4.68 Å². The third-order valence-corrected chi connectivity index (χ3v) is 8.48. The Labute approximate surface area is 227 Å². The molecule has 0 amide bonds. The van der Waals surface area contributed by atoms with Crippen LogP contribution in [0, 0.1) is 5.82 Å². The van der Waals surface area contributed by atoms with Crippen LogP contribution in [0.15, 0.2) is 67.0 Å². The van der Waals surface area contributed by atoms with E-state index in [1.807, 2.05) is 16.9 Å². The molecule has 6 heteroatoms. The van der Waals surface area contributed by atoms with E-state index in [9.17, 15) is 4.79 Å². The van der Waals surface area contributed by atoms with Gasteiger partial charge in [0.2, 0.25) is 0 Å². The third-order valence-electron chi connectivity index (χ3n) is 8.48. The second kappa shape index (κ2) is 8.94. The lowest BCUT2D eigenvalue weighted by Gasteiger charge is -2.48. The highest BCUT2D eigenvalue weighted by molar-refractivity contribution is 5.90. The molecule has 3 aliphatic rings. The van der Waals surface area contributed by atoms with Crippen molar-refractivity contribution in [3.8, 4) is 22.3 Å². The van der Waals surface area contributed by atoms with Crippen molar-refractivity contribution in [3.05, 3.63) is 101 Å². The number of carbonyl (C=O) groups is 1. The molecule has 1 aromatic heterocycles. The highest BCUT2D eigenvalue weighted by Gasteiger charge is 2.41. The van der Waals surface area contributed by atoms with Crippen molar-refractivity contribution < 1.29 is 14.3 Å². The first kappa shape index (κ1) is 23.9. The topological polar surface area (TPSA) is 58.4 Å². The highest BCUT2D eigenvalue weighted by Crippen LogP contribution is 2.54. The molecule has 2 atom stereocenters. The fraction of sp³-hybridized carbons (Fsp3) is 0.273. The van der Waals surface area contributed by atoms with E-state index < -0.39 is 5.97 Å². The van der Waals surface area contributed by atoms with Gasteiger partial charge in [0.25, 0.3) is 0 Å². The van der Waals surface area contributed by atoms with Gasteiger partial charge < -0.3 is 10.0 Å². The molecule has 1 aliphatic carbocycles. The predicted octanol–water partition coefficient (Wildman–Crippen LogP) is 7.21. The normalized spacial score (nSPS) is 19.4. The van der Waals surface area contributed by atoms with E-state index >= 15 is 4.39 Å². The van der Waals surface area contributed by atoms with E-state index in [4.69, 9.17) is 5.11 Å². The molecule has 1 fully saturated rings. The molecule has 2 aliphatic heterocycles. The summed E-state index contributed by atoms with van der Waals surface area (Å²) in [5.74, 6) is -0.777. The molecule has 4 aromatic rings. The molecule has 2 unspecified atom stereocenters. The van der Waals surface area contributed by atoms with E-state index in [0.29, 0.717) is 17.0 Å².